The molecule has 1 aromatic carbocycles. The lowest BCUT2D eigenvalue weighted by molar-refractivity contribution is -0.128. The molecule has 0 spiro atoms. The Bertz CT molecular complexity index is 366. The predicted octanol–water partition coefficient (Wildman–Crippen LogP) is 3.77. The van der Waals surface area contributed by atoms with Crippen LogP contribution in [-0.4, -0.2) is 12.4 Å². The summed E-state index contributed by atoms with van der Waals surface area (Å²) in [5, 5.41) is 0.629. The predicted molar refractivity (Wildman–Crippen MR) is 64.2 cm³/mol. The molecule has 1 atom stereocenters. The average Bonchev–Trinajstić information content (AvgIpc) is 2.15. The van der Waals surface area contributed by atoms with Crippen LogP contribution >= 0.6 is 27.5 Å². The average molecular weight is 292 g/mol. The van der Waals surface area contributed by atoms with E-state index in [-0.39, 0.29) is 5.78 Å². The van der Waals surface area contributed by atoms with Gasteiger partial charge in [-0.15, -0.1) is 0 Å². The number of benzene rings is 1. The van der Waals surface area contributed by atoms with Gasteiger partial charge in [0.1, 0.15) is 6.10 Å². The largest absolute Gasteiger partial charge is 0.366 e. The highest BCUT2D eigenvalue weighted by atomic mass is 79.9. The van der Waals surface area contributed by atoms with Crippen LogP contribution in [0.15, 0.2) is 22.7 Å². The Labute approximate surface area is 103 Å². The van der Waals surface area contributed by atoms with E-state index in [0.717, 1.165) is 10.0 Å². The van der Waals surface area contributed by atoms with Crippen molar-refractivity contribution in [1.29, 1.82) is 0 Å². The van der Waals surface area contributed by atoms with Crippen LogP contribution in [0.4, 0.5) is 0 Å². The van der Waals surface area contributed by atoms with E-state index in [9.17, 15) is 4.79 Å². The van der Waals surface area contributed by atoms with Crippen LogP contribution in [-0.2, 0) is 9.53 Å². The van der Waals surface area contributed by atoms with Gasteiger partial charge in [0, 0.05) is 21.7 Å². The van der Waals surface area contributed by atoms with Crippen molar-refractivity contribution >= 4 is 33.3 Å². The zero-order valence-corrected chi connectivity index (χ0v) is 10.9. The highest BCUT2D eigenvalue weighted by molar-refractivity contribution is 9.10. The fraction of sp³-hybridized carbons (Fsp3) is 0.364. The van der Waals surface area contributed by atoms with E-state index in [1.54, 1.807) is 18.2 Å². The molecule has 0 heterocycles. The summed E-state index contributed by atoms with van der Waals surface area (Å²) in [5.74, 6) is -0.0140. The van der Waals surface area contributed by atoms with Gasteiger partial charge in [0.25, 0.3) is 0 Å². The number of carbonyl (C=O) groups is 1. The van der Waals surface area contributed by atoms with Crippen molar-refractivity contribution in [2.45, 2.75) is 20.0 Å². The van der Waals surface area contributed by atoms with Gasteiger partial charge in [-0.3, -0.25) is 4.79 Å². The molecular formula is C11H12BrClO2. The van der Waals surface area contributed by atoms with Gasteiger partial charge in [0.15, 0.2) is 5.78 Å². The minimum absolute atomic E-state index is 0.0140. The number of carbonyl (C=O) groups excluding carboxylic acids is 1. The molecule has 0 aliphatic heterocycles. The minimum atomic E-state index is -0.512. The maximum Gasteiger partial charge on any atom is 0.163 e. The fourth-order valence-corrected chi connectivity index (χ4v) is 2.20. The molecular weight excluding hydrogens is 279 g/mol. The second-order valence-corrected chi connectivity index (χ2v) is 4.40. The van der Waals surface area contributed by atoms with Gasteiger partial charge >= 0.3 is 0 Å². The first-order chi connectivity index (χ1) is 7.06. The van der Waals surface area contributed by atoms with E-state index in [1.165, 1.54) is 6.92 Å². The molecule has 1 rings (SSSR count). The number of Topliss-reactive ketones (excluding diaryl/α,β-unsaturated/α-hetero) is 1. The van der Waals surface area contributed by atoms with Crippen molar-refractivity contribution in [3.8, 4) is 0 Å². The van der Waals surface area contributed by atoms with Gasteiger partial charge in [-0.1, -0.05) is 33.6 Å². The summed E-state index contributed by atoms with van der Waals surface area (Å²) in [5.41, 5.74) is 0.814. The van der Waals surface area contributed by atoms with E-state index >= 15 is 0 Å². The Morgan fingerprint density at radius 3 is 2.73 bits per heavy atom. The molecule has 0 bridgehead atoms. The second-order valence-electron chi connectivity index (χ2n) is 3.11. The monoisotopic (exact) mass is 290 g/mol. The van der Waals surface area contributed by atoms with Gasteiger partial charge in [-0.2, -0.15) is 0 Å². The molecule has 1 aromatic rings. The summed E-state index contributed by atoms with van der Waals surface area (Å²) in [4.78, 5) is 11.4. The lowest BCUT2D eigenvalue weighted by Crippen LogP contribution is -2.13. The van der Waals surface area contributed by atoms with Crippen LogP contribution in [0.25, 0.3) is 0 Å². The van der Waals surface area contributed by atoms with Crippen LogP contribution < -0.4 is 0 Å². The number of ketones is 1. The second kappa shape index (κ2) is 5.64. The van der Waals surface area contributed by atoms with Gasteiger partial charge in [0.2, 0.25) is 0 Å². The Balaban J connectivity index is 3.05. The molecule has 0 saturated carbocycles. The summed E-state index contributed by atoms with van der Waals surface area (Å²) in [6.07, 6.45) is -0.512. The summed E-state index contributed by atoms with van der Waals surface area (Å²) in [7, 11) is 0. The third-order valence-electron chi connectivity index (χ3n) is 1.95. The smallest absolute Gasteiger partial charge is 0.163 e. The molecule has 0 radical (unpaired) electrons. The van der Waals surface area contributed by atoms with E-state index < -0.39 is 6.10 Å². The van der Waals surface area contributed by atoms with Gasteiger partial charge in [-0.05, 0) is 26.0 Å². The lowest BCUT2D eigenvalue weighted by atomic mass is 10.1. The number of hydrogen-bond acceptors (Lipinski definition) is 2. The summed E-state index contributed by atoms with van der Waals surface area (Å²) in [6, 6.07) is 5.30. The van der Waals surface area contributed by atoms with Gasteiger partial charge in [0.05, 0.1) is 0 Å². The van der Waals surface area contributed by atoms with Crippen molar-refractivity contribution in [2.24, 2.45) is 0 Å². The number of rotatable bonds is 4. The quantitative estimate of drug-likeness (QED) is 0.844. The molecule has 0 aliphatic rings. The van der Waals surface area contributed by atoms with Crippen molar-refractivity contribution in [2.75, 3.05) is 6.61 Å². The topological polar surface area (TPSA) is 26.3 Å². The molecule has 15 heavy (non-hydrogen) atoms. The normalized spacial score (nSPS) is 12.5. The van der Waals surface area contributed by atoms with Gasteiger partial charge in [-0.25, -0.2) is 0 Å². The van der Waals surface area contributed by atoms with E-state index in [1.807, 2.05) is 6.92 Å². The first-order valence-corrected chi connectivity index (χ1v) is 5.80. The first kappa shape index (κ1) is 12.7. The molecule has 4 heteroatoms. The van der Waals surface area contributed by atoms with Crippen LogP contribution in [0.5, 0.6) is 0 Å². The van der Waals surface area contributed by atoms with Crippen molar-refractivity contribution in [1.82, 2.24) is 0 Å². The zero-order chi connectivity index (χ0) is 11.4. The Morgan fingerprint density at radius 2 is 2.27 bits per heavy atom. The standard InChI is InChI=1S/C11H12BrClO2/c1-3-15-11(7(2)14)9-5-4-8(13)6-10(9)12/h4-6,11H,3H2,1-2H3. The minimum Gasteiger partial charge on any atom is -0.366 e. The molecule has 0 fully saturated rings. The molecule has 0 saturated heterocycles. The molecule has 1 unspecified atom stereocenters. The number of hydrogen-bond donors (Lipinski definition) is 0. The van der Waals surface area contributed by atoms with Crippen LogP contribution in [0.3, 0.4) is 0 Å². The molecule has 82 valence electrons. The van der Waals surface area contributed by atoms with Crippen LogP contribution in [0.1, 0.15) is 25.5 Å². The summed E-state index contributed by atoms with van der Waals surface area (Å²) in [6.45, 7) is 3.88. The molecule has 0 aromatic heterocycles. The first-order valence-electron chi connectivity index (χ1n) is 4.63. The van der Waals surface area contributed by atoms with Crippen molar-refractivity contribution in [3.63, 3.8) is 0 Å². The maximum absolute atomic E-state index is 11.4. The zero-order valence-electron chi connectivity index (χ0n) is 8.59. The third-order valence-corrected chi connectivity index (χ3v) is 2.87. The highest BCUT2D eigenvalue weighted by Crippen LogP contribution is 2.29. The number of ether oxygens (including phenoxy) is 1. The number of halogens is 2. The molecule has 2 nitrogen and oxygen atoms in total. The highest BCUT2D eigenvalue weighted by Gasteiger charge is 2.19. The Kier molecular flexibility index (Phi) is 4.77. The fourth-order valence-electron chi connectivity index (χ4n) is 1.31. The van der Waals surface area contributed by atoms with Crippen LogP contribution in [0.2, 0.25) is 5.02 Å². The molecule has 0 amide bonds. The summed E-state index contributed by atoms with van der Waals surface area (Å²) >= 11 is 9.19. The van der Waals surface area contributed by atoms with E-state index in [4.69, 9.17) is 16.3 Å². The lowest BCUT2D eigenvalue weighted by Gasteiger charge is -2.15. The molecule has 0 N–H and O–H groups in total. The third kappa shape index (κ3) is 3.30. The Morgan fingerprint density at radius 1 is 1.60 bits per heavy atom. The van der Waals surface area contributed by atoms with Crippen LogP contribution in [0, 0.1) is 0 Å². The van der Waals surface area contributed by atoms with E-state index in [0.29, 0.717) is 11.6 Å². The van der Waals surface area contributed by atoms with Gasteiger partial charge < -0.3 is 4.74 Å². The van der Waals surface area contributed by atoms with Crippen molar-refractivity contribution < 1.29 is 9.53 Å². The van der Waals surface area contributed by atoms with E-state index in [2.05, 4.69) is 15.9 Å². The Hall–Kier alpha value is -0.380. The summed E-state index contributed by atoms with van der Waals surface area (Å²) < 4.78 is 6.18. The van der Waals surface area contributed by atoms with Crippen molar-refractivity contribution in [3.05, 3.63) is 33.3 Å². The SMILES string of the molecule is CCOC(C(C)=O)c1ccc(Cl)cc1Br. The maximum atomic E-state index is 11.4. The molecule has 0 aliphatic carbocycles.